The molecule has 0 amide bonds. The number of aromatic amines is 3. The average molecular weight is 1880 g/mol. The highest BCUT2D eigenvalue weighted by Crippen LogP contribution is 2.31. The van der Waals surface area contributed by atoms with Gasteiger partial charge in [0.05, 0.1) is 11.8 Å². The maximum absolute atomic E-state index is 13.4. The van der Waals surface area contributed by atoms with Gasteiger partial charge in [0.15, 0.2) is 0 Å². The molecule has 652 valence electrons. The number of nitrogens with one attached hydrogen (secondary N) is 6. The van der Waals surface area contributed by atoms with Crippen LogP contribution >= 0.6 is 78.3 Å². The zero-order chi connectivity index (χ0) is 86.5. The summed E-state index contributed by atoms with van der Waals surface area (Å²) in [6.07, 6.45) is 23.1. The Morgan fingerprint density at radius 1 is 0.317 bits per heavy atom. The van der Waals surface area contributed by atoms with Crippen LogP contribution in [-0.4, -0.2) is 132 Å². The summed E-state index contributed by atoms with van der Waals surface area (Å²) >= 11 is 27.5. The van der Waals surface area contributed by atoms with Gasteiger partial charge in [-0.2, -0.15) is 0 Å². The second-order valence-corrected chi connectivity index (χ2v) is 32.2. The summed E-state index contributed by atoms with van der Waals surface area (Å²) < 4.78 is 54.9. The van der Waals surface area contributed by atoms with Crippen molar-refractivity contribution < 1.29 is 42.7 Å². The lowest BCUT2D eigenvalue weighted by Crippen LogP contribution is -2.22. The number of phenolic OH excluding ortho intramolecular Hbond substituents is 2. The molecule has 3 aliphatic carbocycles. The number of alkyl halides is 6. The van der Waals surface area contributed by atoms with Crippen molar-refractivity contribution in [3.8, 4) is 40.2 Å². The van der Waals surface area contributed by atoms with Crippen LogP contribution in [0.5, 0.6) is 40.2 Å². The van der Waals surface area contributed by atoms with Crippen LogP contribution in [0.2, 0.25) is 0 Å². The molecule has 3 aromatic heterocycles. The predicted octanol–water partition coefficient (Wildman–Crippen LogP) is 24.8. The van der Waals surface area contributed by atoms with Crippen molar-refractivity contribution in [3.05, 3.63) is 329 Å². The van der Waals surface area contributed by atoms with E-state index in [0.717, 1.165) is 151 Å². The van der Waals surface area contributed by atoms with Gasteiger partial charge in [0.25, 0.3) is 0 Å². The molecule has 123 heavy (non-hydrogen) atoms. The van der Waals surface area contributed by atoms with E-state index in [1.165, 1.54) is 130 Å². The summed E-state index contributed by atoms with van der Waals surface area (Å²) in [6, 6.07) is 79.4. The normalized spacial score (nSPS) is 11.7. The second-order valence-electron chi connectivity index (χ2n) is 29.1. The minimum atomic E-state index is -0.188. The number of benzene rings is 11. The number of phenols is 2. The number of hydrogen-bond acceptors (Lipinski definition) is 10. The third-order valence-corrected chi connectivity index (χ3v) is 22.6. The molecule has 0 fully saturated rings. The average Bonchev–Trinajstić information content (AvgIpc) is 1.78. The van der Waals surface area contributed by atoms with Gasteiger partial charge in [-0.3, -0.25) is 0 Å². The molecule has 0 bridgehead atoms. The minimum Gasteiger partial charge on any atom is -0.508 e. The Balaban J connectivity index is 0.000000167. The first-order chi connectivity index (χ1) is 60.4. The molecule has 3 heterocycles. The quantitative estimate of drug-likeness (QED) is 0.0150. The van der Waals surface area contributed by atoms with Gasteiger partial charge in [-0.25, -0.2) is 8.78 Å². The van der Waals surface area contributed by atoms with Crippen LogP contribution in [0.25, 0.3) is 43.5 Å². The highest BCUT2D eigenvalue weighted by atomic mass is 79.9. The van der Waals surface area contributed by atoms with Crippen LogP contribution < -0.4 is 39.6 Å². The first-order valence-electron chi connectivity index (χ1n) is 42.5. The van der Waals surface area contributed by atoms with E-state index < -0.39 is 0 Å². The Morgan fingerprint density at radius 2 is 0.691 bits per heavy atom. The molecule has 0 unspecified atom stereocenters. The highest BCUT2D eigenvalue weighted by Gasteiger charge is 2.15. The van der Waals surface area contributed by atoms with Crippen LogP contribution in [0.1, 0.15) is 88.6 Å². The van der Waals surface area contributed by atoms with Crippen molar-refractivity contribution in [1.29, 1.82) is 0 Å². The number of para-hydroxylation sites is 4. The van der Waals surface area contributed by atoms with Crippen molar-refractivity contribution in [3.63, 3.8) is 0 Å². The second kappa shape index (κ2) is 58.1. The molecule has 21 heteroatoms. The van der Waals surface area contributed by atoms with E-state index in [9.17, 15) is 8.78 Å². The molecule has 0 spiro atoms. The van der Waals surface area contributed by atoms with Gasteiger partial charge in [0.1, 0.15) is 84.9 Å². The van der Waals surface area contributed by atoms with Gasteiger partial charge in [0.2, 0.25) is 0 Å². The maximum atomic E-state index is 13.4. The molecule has 11 aromatic carbocycles. The largest absolute Gasteiger partial charge is 0.508 e. The lowest BCUT2D eigenvalue weighted by molar-refractivity contribution is 0.313. The van der Waals surface area contributed by atoms with Crippen molar-refractivity contribution in [2.75, 3.05) is 106 Å². The molecule has 0 saturated heterocycles. The van der Waals surface area contributed by atoms with E-state index in [4.69, 9.17) is 80.3 Å². The van der Waals surface area contributed by atoms with Gasteiger partial charge in [-0.1, -0.05) is 159 Å². The van der Waals surface area contributed by atoms with Gasteiger partial charge < -0.3 is 64.8 Å². The molecular formula is C102H116Br2Cl4F2N6O7. The number of H-pyrrole nitrogens is 3. The number of hydrogen-bond donors (Lipinski definition) is 8. The summed E-state index contributed by atoms with van der Waals surface area (Å²) in [5, 5.41) is 35.4. The van der Waals surface area contributed by atoms with E-state index in [1.54, 1.807) is 54.6 Å². The summed E-state index contributed by atoms with van der Waals surface area (Å²) in [5.74, 6) is 7.54. The Hall–Kier alpha value is -9.24. The Bertz CT molecular complexity index is 5230. The molecule has 3 aliphatic rings. The maximum Gasteiger partial charge on any atom is 0.127 e. The topological polar surface area (TPSA) is 170 Å². The first-order valence-corrected chi connectivity index (χ1v) is 46.9. The van der Waals surface area contributed by atoms with E-state index in [0.29, 0.717) is 68.1 Å². The number of aromatic hydroxyl groups is 2. The Labute approximate surface area is 761 Å². The molecule has 14 aromatic rings. The smallest absolute Gasteiger partial charge is 0.127 e. The fraction of sp³-hybridized carbons (Fsp3) is 0.314. The molecule has 0 saturated carbocycles. The number of halogens is 8. The van der Waals surface area contributed by atoms with Gasteiger partial charge in [0, 0.05) is 98.7 Å². The minimum absolute atomic E-state index is 0.180. The van der Waals surface area contributed by atoms with Crippen LogP contribution in [-0.2, 0) is 57.8 Å². The zero-order valence-electron chi connectivity index (χ0n) is 70.0. The lowest BCUT2D eigenvalue weighted by Gasteiger charge is -2.10. The monoisotopic (exact) mass is 1870 g/mol. The standard InChI is InChI=1S/C23H23FN2O.C22H25FN2O.C19H22N2O.C11H13ClO.C9H10O.C8H9ClO.C6H6O.2C2H4BrCl/c24-19-10-11-22-21(15-19)18(16-26-22)7-4-12-25-13-14-27-23-9-3-6-17-5-1-2-8-20(17)23;23-19-7-9-22-21(14-19)18(15-25-22)5-2-10-24-11-12-26-20-8-6-16-3-1-4-17(16)13-20;1-2-8-17(9-3-1)22-14-13-20-12-6-7-16-15-21-19-11-5-4-10-18(16)19;12-6-7-13-11-5-4-9-2-1-3-10(9)8-11;10-9-5-4-7-2-1-3-8(7)6-9;9-6-7-10-8-4-2-1-3-5-8;7-6-4-2-1-3-5-6;2*3-1-2-4/h1-3,5-6,8-11,15-16,25-26H,4,7,12-14H2;6-9,13-15,24-25H,1-5,10-12H2;1-5,8-11,15,20-21H,6-7,12-14H2;4-5,8H,1-3,6-7H2;4-6,10H,1-3H2;1-5H,6-7H2;1-5,7H;2*1-2H2. The van der Waals surface area contributed by atoms with Crippen LogP contribution in [0, 0.1) is 11.6 Å². The lowest BCUT2D eigenvalue weighted by atomic mass is 10.1. The summed E-state index contributed by atoms with van der Waals surface area (Å²) in [4.78, 5) is 9.73. The zero-order valence-corrected chi connectivity index (χ0v) is 76.2. The third kappa shape index (κ3) is 35.7. The van der Waals surface area contributed by atoms with Gasteiger partial charge >= 0.3 is 0 Å². The molecule has 13 nitrogen and oxygen atoms in total. The Morgan fingerprint density at radius 3 is 1.15 bits per heavy atom. The van der Waals surface area contributed by atoms with Crippen molar-refractivity contribution >= 4 is 122 Å². The molecule has 17 rings (SSSR count). The molecule has 0 aliphatic heterocycles. The Kier molecular flexibility index (Phi) is 46.0. The van der Waals surface area contributed by atoms with E-state index in [1.807, 2.05) is 122 Å². The molecule has 8 N–H and O–H groups in total. The third-order valence-electron chi connectivity index (χ3n) is 20.2. The molecule has 0 radical (unpaired) electrons. The van der Waals surface area contributed by atoms with E-state index in [2.05, 4.69) is 142 Å². The number of aromatic nitrogens is 3. The van der Waals surface area contributed by atoms with E-state index >= 15 is 0 Å². The van der Waals surface area contributed by atoms with Crippen molar-refractivity contribution in [2.24, 2.45) is 0 Å². The summed E-state index contributed by atoms with van der Waals surface area (Å²) in [7, 11) is 0. The fourth-order valence-corrected chi connectivity index (χ4v) is 14.4. The number of aryl methyl sites for hydroxylation is 9. The number of rotatable bonds is 32. The van der Waals surface area contributed by atoms with Crippen molar-refractivity contribution in [1.82, 2.24) is 30.9 Å². The number of fused-ring (bicyclic) bond motifs is 7. The van der Waals surface area contributed by atoms with E-state index in [-0.39, 0.29) is 11.6 Å². The van der Waals surface area contributed by atoms with Crippen LogP contribution in [0.4, 0.5) is 8.78 Å². The van der Waals surface area contributed by atoms with Gasteiger partial charge in [-0.15, -0.1) is 46.4 Å². The summed E-state index contributed by atoms with van der Waals surface area (Å²) in [6.45, 7) is 8.54. The van der Waals surface area contributed by atoms with Crippen LogP contribution in [0.3, 0.4) is 0 Å². The highest BCUT2D eigenvalue weighted by molar-refractivity contribution is 9.09. The molecule has 0 atom stereocenters. The molecular weight excluding hydrogens is 1760 g/mol. The van der Waals surface area contributed by atoms with Gasteiger partial charge in [-0.05, 0) is 293 Å². The fourth-order valence-electron chi connectivity index (χ4n) is 14.3. The first kappa shape index (κ1) is 97.6. The summed E-state index contributed by atoms with van der Waals surface area (Å²) in [5.41, 5.74) is 15.6. The SMILES string of the molecule is ClCCBr.ClCCBr.ClCCOc1ccc2c(c1)CCC2.ClCCOc1ccccc1.Fc1ccc2[nH]cc(CCCNCCOc3ccc4c(c3)CCC4)c2c1.Fc1ccc2[nH]cc(CCCNCCOc3cccc4ccccc34)c2c1.Oc1ccc2c(c1)CCC2.Oc1ccccc1.c1ccc(OCCNCCCc2c[nH]c3ccccc23)cc1. The van der Waals surface area contributed by atoms with Crippen LogP contribution in [0.15, 0.2) is 267 Å². The predicted molar refractivity (Wildman–Crippen MR) is 518 cm³/mol. The number of ether oxygens (including phenoxy) is 5. The van der Waals surface area contributed by atoms with Crippen molar-refractivity contribution in [2.45, 2.75) is 96.3 Å².